The van der Waals surface area contributed by atoms with Gasteiger partial charge in [0.1, 0.15) is 5.82 Å². The molecule has 0 aromatic heterocycles. The molecule has 23 heavy (non-hydrogen) atoms. The molecule has 1 unspecified atom stereocenters. The van der Waals surface area contributed by atoms with Gasteiger partial charge in [-0.1, -0.05) is 18.5 Å². The maximum absolute atomic E-state index is 13.7. The van der Waals surface area contributed by atoms with Crippen molar-refractivity contribution in [1.82, 2.24) is 10.2 Å². The maximum atomic E-state index is 13.7. The number of amides is 2. The minimum Gasteiger partial charge on any atom is -0.353 e. The number of hydrogen-bond donors (Lipinski definition) is 2. The second-order valence-corrected chi connectivity index (χ2v) is 6.01. The van der Waals surface area contributed by atoms with Gasteiger partial charge in [0.15, 0.2) is 0 Å². The summed E-state index contributed by atoms with van der Waals surface area (Å²) in [7, 11) is 0. The number of carbonyl (C=O) groups is 2. The lowest BCUT2D eigenvalue weighted by Gasteiger charge is -2.26. The molecule has 0 saturated heterocycles. The van der Waals surface area contributed by atoms with Gasteiger partial charge in [0.2, 0.25) is 11.8 Å². The Labute approximate surface area is 141 Å². The Morgan fingerprint density at radius 1 is 1.30 bits per heavy atom. The summed E-state index contributed by atoms with van der Waals surface area (Å²) in [5.41, 5.74) is 0.0250. The molecule has 1 rings (SSSR count). The fourth-order valence-corrected chi connectivity index (χ4v) is 2.24. The number of nitrogens with zero attached hydrogens (tertiary/aromatic N) is 1. The van der Waals surface area contributed by atoms with Crippen LogP contribution in [0.3, 0.4) is 0 Å². The summed E-state index contributed by atoms with van der Waals surface area (Å²) in [6.45, 7) is 7.87. The zero-order chi connectivity index (χ0) is 17.6. The number of nitrogens with one attached hydrogen (secondary N) is 2. The smallest absolute Gasteiger partial charge is 0.241 e. The van der Waals surface area contributed by atoms with Crippen molar-refractivity contribution >= 4 is 29.1 Å². The highest BCUT2D eigenvalue weighted by Crippen LogP contribution is 2.20. The van der Waals surface area contributed by atoms with Gasteiger partial charge >= 0.3 is 0 Å². The van der Waals surface area contributed by atoms with Crippen LogP contribution in [0, 0.1) is 5.82 Å². The van der Waals surface area contributed by atoms with E-state index in [1.165, 1.54) is 18.2 Å². The number of hydrogen-bond acceptors (Lipinski definition) is 3. The number of likely N-dealkylation sites (N-methyl/N-ethyl adjacent to an activating group) is 1. The second kappa shape index (κ2) is 8.84. The molecule has 0 aliphatic carbocycles. The van der Waals surface area contributed by atoms with Crippen LogP contribution in [0.1, 0.15) is 27.7 Å². The molecular weight excluding hydrogens is 321 g/mol. The standard InChI is InChI=1S/C16H23ClFN3O2/c1-5-21(9-15(22)19-10(2)3)11(4)16(23)20-14-8-12(17)6-7-13(14)18/h6-8,10-11H,5,9H2,1-4H3,(H,19,22)(H,20,23). The van der Waals surface area contributed by atoms with Crippen LogP contribution in [0.25, 0.3) is 0 Å². The van der Waals surface area contributed by atoms with Crippen molar-refractivity contribution in [2.75, 3.05) is 18.4 Å². The topological polar surface area (TPSA) is 61.4 Å². The summed E-state index contributed by atoms with van der Waals surface area (Å²) in [6, 6.07) is 3.40. The van der Waals surface area contributed by atoms with Crippen LogP contribution in [-0.4, -0.2) is 41.9 Å². The molecule has 1 aromatic carbocycles. The summed E-state index contributed by atoms with van der Waals surface area (Å²) in [6.07, 6.45) is 0. The molecule has 2 amide bonds. The Morgan fingerprint density at radius 2 is 1.96 bits per heavy atom. The van der Waals surface area contributed by atoms with Gasteiger partial charge in [-0.05, 0) is 45.5 Å². The second-order valence-electron chi connectivity index (χ2n) is 5.57. The van der Waals surface area contributed by atoms with Crippen molar-refractivity contribution in [2.45, 2.75) is 39.8 Å². The summed E-state index contributed by atoms with van der Waals surface area (Å²) >= 11 is 5.81. The molecule has 0 saturated carbocycles. The van der Waals surface area contributed by atoms with Gasteiger partial charge < -0.3 is 10.6 Å². The summed E-state index contributed by atoms with van der Waals surface area (Å²) < 4.78 is 13.7. The lowest BCUT2D eigenvalue weighted by molar-refractivity contribution is -0.125. The van der Waals surface area contributed by atoms with Gasteiger partial charge in [0.25, 0.3) is 0 Å². The molecule has 0 heterocycles. The first-order chi connectivity index (χ1) is 10.7. The minimum atomic E-state index is -0.587. The van der Waals surface area contributed by atoms with Crippen molar-refractivity contribution in [3.05, 3.63) is 29.0 Å². The highest BCUT2D eigenvalue weighted by Gasteiger charge is 2.23. The van der Waals surface area contributed by atoms with Gasteiger partial charge in [-0.2, -0.15) is 0 Å². The fourth-order valence-electron chi connectivity index (χ4n) is 2.07. The first kappa shape index (κ1) is 19.4. The summed E-state index contributed by atoms with van der Waals surface area (Å²) in [5.74, 6) is -1.11. The Hall–Kier alpha value is -1.66. The molecule has 7 heteroatoms. The van der Waals surface area contributed by atoms with E-state index in [9.17, 15) is 14.0 Å². The highest BCUT2D eigenvalue weighted by atomic mass is 35.5. The summed E-state index contributed by atoms with van der Waals surface area (Å²) in [5, 5.41) is 5.62. The van der Waals surface area contributed by atoms with Gasteiger partial charge in [0, 0.05) is 11.1 Å². The van der Waals surface area contributed by atoms with Gasteiger partial charge in [-0.25, -0.2) is 4.39 Å². The van der Waals surface area contributed by atoms with E-state index in [-0.39, 0.29) is 24.2 Å². The molecule has 0 bridgehead atoms. The average molecular weight is 344 g/mol. The van der Waals surface area contributed by atoms with Gasteiger partial charge in [0.05, 0.1) is 18.3 Å². The van der Waals surface area contributed by atoms with E-state index in [1.54, 1.807) is 11.8 Å². The third kappa shape index (κ3) is 6.15. The first-order valence-electron chi connectivity index (χ1n) is 7.53. The molecule has 1 aromatic rings. The van der Waals surface area contributed by atoms with Gasteiger partial charge in [-0.3, -0.25) is 14.5 Å². The van der Waals surface area contributed by atoms with E-state index >= 15 is 0 Å². The molecule has 0 spiro atoms. The Balaban J connectivity index is 2.73. The maximum Gasteiger partial charge on any atom is 0.241 e. The third-order valence-electron chi connectivity index (χ3n) is 3.32. The van der Waals surface area contributed by atoms with Crippen LogP contribution in [0.5, 0.6) is 0 Å². The lowest BCUT2D eigenvalue weighted by Crippen LogP contribution is -2.47. The van der Waals surface area contributed by atoms with E-state index in [4.69, 9.17) is 11.6 Å². The Bertz CT molecular complexity index is 566. The number of carbonyl (C=O) groups excluding carboxylic acids is 2. The zero-order valence-electron chi connectivity index (χ0n) is 13.8. The molecule has 0 radical (unpaired) electrons. The number of halogens is 2. The van der Waals surface area contributed by atoms with Crippen molar-refractivity contribution in [3.8, 4) is 0 Å². The molecular formula is C16H23ClFN3O2. The zero-order valence-corrected chi connectivity index (χ0v) is 14.6. The molecule has 5 nitrogen and oxygen atoms in total. The SMILES string of the molecule is CCN(CC(=O)NC(C)C)C(C)C(=O)Nc1cc(Cl)ccc1F. The lowest BCUT2D eigenvalue weighted by atomic mass is 10.2. The van der Waals surface area contributed by atoms with Crippen molar-refractivity contribution < 1.29 is 14.0 Å². The van der Waals surface area contributed by atoms with Crippen LogP contribution in [0.15, 0.2) is 18.2 Å². The van der Waals surface area contributed by atoms with Crippen molar-refractivity contribution in [1.29, 1.82) is 0 Å². The van der Waals surface area contributed by atoms with Crippen LogP contribution < -0.4 is 10.6 Å². The molecule has 1 atom stereocenters. The fraction of sp³-hybridized carbons (Fsp3) is 0.500. The predicted octanol–water partition coefficient (Wildman–Crippen LogP) is 2.65. The van der Waals surface area contributed by atoms with Crippen LogP contribution >= 0.6 is 11.6 Å². The highest BCUT2D eigenvalue weighted by molar-refractivity contribution is 6.30. The first-order valence-corrected chi connectivity index (χ1v) is 7.91. The number of rotatable bonds is 7. The van der Waals surface area contributed by atoms with E-state index in [0.29, 0.717) is 11.6 Å². The van der Waals surface area contributed by atoms with Crippen molar-refractivity contribution in [2.24, 2.45) is 0 Å². The molecule has 0 aliphatic heterocycles. The minimum absolute atomic E-state index is 0.0250. The van der Waals surface area contributed by atoms with E-state index < -0.39 is 17.8 Å². The predicted molar refractivity (Wildman–Crippen MR) is 90.0 cm³/mol. The van der Waals surface area contributed by atoms with E-state index in [2.05, 4.69) is 10.6 Å². The Morgan fingerprint density at radius 3 is 2.52 bits per heavy atom. The number of benzene rings is 1. The average Bonchev–Trinajstić information content (AvgIpc) is 2.47. The summed E-state index contributed by atoms with van der Waals surface area (Å²) in [4.78, 5) is 25.8. The monoisotopic (exact) mass is 343 g/mol. The normalized spacial score (nSPS) is 12.3. The Kier molecular flexibility index (Phi) is 7.45. The largest absolute Gasteiger partial charge is 0.353 e. The molecule has 2 N–H and O–H groups in total. The molecule has 0 fully saturated rings. The van der Waals surface area contributed by atoms with Crippen LogP contribution in [0.4, 0.5) is 10.1 Å². The van der Waals surface area contributed by atoms with Crippen molar-refractivity contribution in [3.63, 3.8) is 0 Å². The molecule has 128 valence electrons. The van der Waals surface area contributed by atoms with Crippen LogP contribution in [-0.2, 0) is 9.59 Å². The molecule has 0 aliphatic rings. The van der Waals surface area contributed by atoms with Gasteiger partial charge in [-0.15, -0.1) is 0 Å². The third-order valence-corrected chi connectivity index (χ3v) is 3.55. The number of anilines is 1. The van der Waals surface area contributed by atoms with E-state index in [0.717, 1.165) is 0 Å². The quantitative estimate of drug-likeness (QED) is 0.800. The van der Waals surface area contributed by atoms with E-state index in [1.807, 2.05) is 20.8 Å². The van der Waals surface area contributed by atoms with Crippen LogP contribution in [0.2, 0.25) is 5.02 Å².